The van der Waals surface area contributed by atoms with Gasteiger partial charge in [-0.3, -0.25) is 0 Å². The van der Waals surface area contributed by atoms with Gasteiger partial charge in [-0.25, -0.2) is 9.37 Å². The predicted molar refractivity (Wildman–Crippen MR) is 78.9 cm³/mol. The van der Waals surface area contributed by atoms with Gasteiger partial charge in [0.2, 0.25) is 0 Å². The van der Waals surface area contributed by atoms with Crippen molar-refractivity contribution >= 4 is 11.0 Å². The highest BCUT2D eigenvalue weighted by Crippen LogP contribution is 2.24. The second kappa shape index (κ2) is 5.06. The van der Waals surface area contributed by atoms with Crippen LogP contribution in [-0.2, 0) is 13.5 Å². The van der Waals surface area contributed by atoms with Crippen LogP contribution in [0.2, 0.25) is 0 Å². The number of fused-ring (bicyclic) bond motifs is 1. The van der Waals surface area contributed by atoms with Crippen molar-refractivity contribution in [1.82, 2.24) is 9.55 Å². The zero-order chi connectivity index (χ0) is 14.1. The monoisotopic (exact) mass is 269 g/mol. The lowest BCUT2D eigenvalue weighted by Gasteiger charge is -2.02. The summed E-state index contributed by atoms with van der Waals surface area (Å²) in [4.78, 5) is 4.62. The number of aromatic nitrogens is 2. The van der Waals surface area contributed by atoms with Crippen molar-refractivity contribution in [3.05, 3.63) is 53.8 Å². The Labute approximate surface area is 116 Å². The van der Waals surface area contributed by atoms with Gasteiger partial charge in [-0.15, -0.1) is 0 Å². The first-order valence-electron chi connectivity index (χ1n) is 6.60. The number of hydrogen-bond donors (Lipinski definition) is 1. The molecular formula is C16H16FN3. The van der Waals surface area contributed by atoms with E-state index in [1.54, 1.807) is 6.07 Å². The molecule has 4 heteroatoms. The Morgan fingerprint density at radius 2 is 2.05 bits per heavy atom. The van der Waals surface area contributed by atoms with Crippen LogP contribution in [0.3, 0.4) is 0 Å². The maximum Gasteiger partial charge on any atom is 0.140 e. The third kappa shape index (κ3) is 2.18. The fourth-order valence-corrected chi connectivity index (χ4v) is 2.45. The van der Waals surface area contributed by atoms with Gasteiger partial charge in [0.05, 0.1) is 11.0 Å². The lowest BCUT2D eigenvalue weighted by molar-refractivity contribution is 0.628. The number of aryl methyl sites for hydroxylation is 1. The maximum atomic E-state index is 13.4. The minimum absolute atomic E-state index is 0.252. The van der Waals surface area contributed by atoms with Gasteiger partial charge in [0.25, 0.3) is 0 Å². The number of halogens is 1. The molecule has 0 atom stereocenters. The Hall–Kier alpha value is -2.20. The van der Waals surface area contributed by atoms with E-state index in [0.717, 1.165) is 28.8 Å². The molecule has 0 saturated carbocycles. The number of imidazole rings is 1. The average Bonchev–Trinajstić information content (AvgIpc) is 2.76. The van der Waals surface area contributed by atoms with Crippen molar-refractivity contribution in [2.24, 2.45) is 12.8 Å². The number of nitrogens with two attached hydrogens (primary N) is 1. The fourth-order valence-electron chi connectivity index (χ4n) is 2.45. The normalized spacial score (nSPS) is 11.2. The van der Waals surface area contributed by atoms with E-state index in [1.165, 1.54) is 17.7 Å². The van der Waals surface area contributed by atoms with Gasteiger partial charge >= 0.3 is 0 Å². The summed E-state index contributed by atoms with van der Waals surface area (Å²) in [6.07, 6.45) is 0.835. The summed E-state index contributed by atoms with van der Waals surface area (Å²) < 4.78 is 15.3. The highest BCUT2D eigenvalue weighted by molar-refractivity contribution is 5.81. The maximum absolute atomic E-state index is 13.4. The molecule has 3 nitrogen and oxygen atoms in total. The van der Waals surface area contributed by atoms with E-state index in [2.05, 4.69) is 11.1 Å². The van der Waals surface area contributed by atoms with Crippen molar-refractivity contribution < 1.29 is 4.39 Å². The first-order chi connectivity index (χ1) is 9.69. The van der Waals surface area contributed by atoms with E-state index in [0.29, 0.717) is 6.54 Å². The molecule has 2 aromatic carbocycles. The second-order valence-electron chi connectivity index (χ2n) is 4.87. The zero-order valence-electron chi connectivity index (χ0n) is 11.3. The van der Waals surface area contributed by atoms with Gasteiger partial charge in [-0.1, -0.05) is 18.2 Å². The third-order valence-electron chi connectivity index (χ3n) is 3.46. The Bertz CT molecular complexity index is 762. The topological polar surface area (TPSA) is 43.8 Å². The van der Waals surface area contributed by atoms with Gasteiger partial charge in [-0.05, 0) is 42.8 Å². The average molecular weight is 269 g/mol. The molecule has 3 rings (SSSR count). The Kier molecular flexibility index (Phi) is 3.24. The van der Waals surface area contributed by atoms with Crippen molar-refractivity contribution in [2.75, 3.05) is 6.54 Å². The molecule has 0 aliphatic heterocycles. The SMILES string of the molecule is Cn1c(-c2cccc(F)c2)nc2cc(CCN)ccc21. The molecule has 2 N–H and O–H groups in total. The summed E-state index contributed by atoms with van der Waals surface area (Å²) in [7, 11) is 1.94. The molecule has 0 aliphatic rings. The lowest BCUT2D eigenvalue weighted by Crippen LogP contribution is -2.02. The third-order valence-corrected chi connectivity index (χ3v) is 3.46. The van der Waals surface area contributed by atoms with Crippen molar-refractivity contribution in [2.45, 2.75) is 6.42 Å². The van der Waals surface area contributed by atoms with E-state index >= 15 is 0 Å². The number of hydrogen-bond acceptors (Lipinski definition) is 2. The van der Waals surface area contributed by atoms with E-state index in [4.69, 9.17) is 5.73 Å². The Morgan fingerprint density at radius 1 is 1.20 bits per heavy atom. The first-order valence-corrected chi connectivity index (χ1v) is 6.60. The van der Waals surface area contributed by atoms with Crippen molar-refractivity contribution in [3.63, 3.8) is 0 Å². The molecule has 1 heterocycles. The van der Waals surface area contributed by atoms with Crippen LogP contribution in [0, 0.1) is 5.82 Å². The number of rotatable bonds is 3. The van der Waals surface area contributed by atoms with Gasteiger partial charge in [0, 0.05) is 12.6 Å². The molecular weight excluding hydrogens is 253 g/mol. The molecule has 20 heavy (non-hydrogen) atoms. The quantitative estimate of drug-likeness (QED) is 0.794. The molecule has 0 aliphatic carbocycles. The Balaban J connectivity index is 2.15. The minimum Gasteiger partial charge on any atom is -0.330 e. The molecule has 0 bridgehead atoms. The highest BCUT2D eigenvalue weighted by atomic mass is 19.1. The molecule has 102 valence electrons. The highest BCUT2D eigenvalue weighted by Gasteiger charge is 2.10. The summed E-state index contributed by atoms with van der Waals surface area (Å²) in [5, 5.41) is 0. The van der Waals surface area contributed by atoms with E-state index in [1.807, 2.05) is 29.8 Å². The molecule has 0 radical (unpaired) electrons. The molecule has 0 saturated heterocycles. The summed E-state index contributed by atoms with van der Waals surface area (Å²) in [5.74, 6) is 0.516. The second-order valence-corrected chi connectivity index (χ2v) is 4.87. The van der Waals surface area contributed by atoms with Gasteiger partial charge < -0.3 is 10.3 Å². The molecule has 0 spiro atoms. The van der Waals surface area contributed by atoms with Crippen molar-refractivity contribution in [3.8, 4) is 11.4 Å². The summed E-state index contributed by atoms with van der Waals surface area (Å²) in [5.41, 5.74) is 9.48. The lowest BCUT2D eigenvalue weighted by atomic mass is 10.1. The van der Waals surface area contributed by atoms with Crippen LogP contribution >= 0.6 is 0 Å². The van der Waals surface area contributed by atoms with Crippen LogP contribution in [-0.4, -0.2) is 16.1 Å². The van der Waals surface area contributed by atoms with Crippen LogP contribution in [0.1, 0.15) is 5.56 Å². The van der Waals surface area contributed by atoms with E-state index in [-0.39, 0.29) is 5.82 Å². The fraction of sp³-hybridized carbons (Fsp3) is 0.188. The molecule has 0 amide bonds. The first kappa shape index (κ1) is 12.8. The number of benzene rings is 2. The Morgan fingerprint density at radius 3 is 2.80 bits per heavy atom. The molecule has 3 aromatic rings. The largest absolute Gasteiger partial charge is 0.330 e. The smallest absolute Gasteiger partial charge is 0.140 e. The van der Waals surface area contributed by atoms with E-state index in [9.17, 15) is 4.39 Å². The van der Waals surface area contributed by atoms with Crippen molar-refractivity contribution in [1.29, 1.82) is 0 Å². The number of nitrogens with zero attached hydrogens (tertiary/aromatic N) is 2. The minimum atomic E-state index is -0.252. The van der Waals surface area contributed by atoms with Crippen LogP contribution in [0.5, 0.6) is 0 Å². The predicted octanol–water partition coefficient (Wildman–Crippen LogP) is 2.88. The standard InChI is InChI=1S/C16H16FN3/c1-20-15-6-5-11(7-8-18)9-14(15)19-16(20)12-3-2-4-13(17)10-12/h2-6,9-10H,7-8,18H2,1H3. The van der Waals surface area contributed by atoms with Gasteiger partial charge in [0.15, 0.2) is 0 Å². The van der Waals surface area contributed by atoms with Crippen LogP contribution in [0.4, 0.5) is 4.39 Å². The summed E-state index contributed by atoms with van der Waals surface area (Å²) in [6, 6.07) is 12.6. The summed E-state index contributed by atoms with van der Waals surface area (Å²) >= 11 is 0. The van der Waals surface area contributed by atoms with E-state index < -0.39 is 0 Å². The van der Waals surface area contributed by atoms with Crippen LogP contribution in [0.15, 0.2) is 42.5 Å². The molecule has 1 aromatic heterocycles. The van der Waals surface area contributed by atoms with Crippen LogP contribution < -0.4 is 5.73 Å². The van der Waals surface area contributed by atoms with Gasteiger partial charge in [-0.2, -0.15) is 0 Å². The van der Waals surface area contributed by atoms with Gasteiger partial charge in [0.1, 0.15) is 11.6 Å². The van der Waals surface area contributed by atoms with Crippen LogP contribution in [0.25, 0.3) is 22.4 Å². The molecule has 0 unspecified atom stereocenters. The summed E-state index contributed by atoms with van der Waals surface area (Å²) in [6.45, 7) is 0.620. The molecule has 0 fully saturated rings. The zero-order valence-corrected chi connectivity index (χ0v) is 11.3.